The van der Waals surface area contributed by atoms with Gasteiger partial charge in [-0.25, -0.2) is 0 Å². The highest BCUT2D eigenvalue weighted by molar-refractivity contribution is 7.99. The molecule has 2 rings (SSSR count). The Bertz CT molecular complexity index is 344. The molecule has 4 heteroatoms. The molecule has 1 aliphatic rings. The molecule has 1 fully saturated rings. The molecular formula is C11H14N2OS. The van der Waals surface area contributed by atoms with Crippen LogP contribution in [-0.2, 0) is 4.79 Å². The molecule has 3 nitrogen and oxygen atoms in total. The summed E-state index contributed by atoms with van der Waals surface area (Å²) in [5.41, 5.74) is 2.06. The quantitative estimate of drug-likeness (QED) is 0.798. The number of thioether (sulfide) groups is 1. The van der Waals surface area contributed by atoms with Crippen molar-refractivity contribution in [1.29, 1.82) is 0 Å². The van der Waals surface area contributed by atoms with Crippen molar-refractivity contribution in [3.8, 4) is 0 Å². The number of nitrogens with one attached hydrogen (secondary N) is 2. The molecule has 0 unspecified atom stereocenters. The van der Waals surface area contributed by atoms with E-state index in [-0.39, 0.29) is 11.9 Å². The second-order valence-corrected chi connectivity index (χ2v) is 4.66. The van der Waals surface area contributed by atoms with Crippen molar-refractivity contribution in [3.63, 3.8) is 0 Å². The van der Waals surface area contributed by atoms with Crippen molar-refractivity contribution in [2.75, 3.05) is 16.9 Å². The molecule has 1 amide bonds. The molecule has 0 radical (unpaired) electrons. The van der Waals surface area contributed by atoms with Crippen molar-refractivity contribution in [3.05, 3.63) is 29.8 Å². The van der Waals surface area contributed by atoms with Crippen molar-refractivity contribution in [2.24, 2.45) is 0 Å². The standard InChI is InChI=1S/C11H14N2OS/c1-8-2-4-9(5-3-8)13-11(14)10-6-15-7-12-10/h2-5,10,12H,6-7H2,1H3,(H,13,14)/t10-/m0/s1. The molecule has 0 spiro atoms. The molecule has 0 saturated carbocycles. The van der Waals surface area contributed by atoms with Gasteiger partial charge in [0, 0.05) is 17.3 Å². The van der Waals surface area contributed by atoms with Crippen LogP contribution in [0, 0.1) is 6.92 Å². The summed E-state index contributed by atoms with van der Waals surface area (Å²) in [6.07, 6.45) is 0. The fourth-order valence-corrected chi connectivity index (χ4v) is 2.37. The molecule has 1 saturated heterocycles. The van der Waals surface area contributed by atoms with Crippen LogP contribution in [0.5, 0.6) is 0 Å². The minimum Gasteiger partial charge on any atom is -0.325 e. The zero-order chi connectivity index (χ0) is 10.7. The molecule has 80 valence electrons. The van der Waals surface area contributed by atoms with E-state index in [0.29, 0.717) is 0 Å². The van der Waals surface area contributed by atoms with Crippen LogP contribution in [0.4, 0.5) is 5.69 Å². The smallest absolute Gasteiger partial charge is 0.242 e. The molecule has 1 heterocycles. The molecule has 1 aromatic rings. The third kappa shape index (κ3) is 2.73. The zero-order valence-corrected chi connectivity index (χ0v) is 9.43. The summed E-state index contributed by atoms with van der Waals surface area (Å²) in [6, 6.07) is 7.79. The number of amides is 1. The van der Waals surface area contributed by atoms with Crippen molar-refractivity contribution in [2.45, 2.75) is 13.0 Å². The lowest BCUT2D eigenvalue weighted by atomic mass is 10.2. The fourth-order valence-electron chi connectivity index (χ4n) is 1.43. The number of hydrogen-bond acceptors (Lipinski definition) is 3. The number of rotatable bonds is 2. The second kappa shape index (κ2) is 4.68. The molecule has 0 bridgehead atoms. The van der Waals surface area contributed by atoms with E-state index in [1.54, 1.807) is 11.8 Å². The Balaban J connectivity index is 1.96. The summed E-state index contributed by atoms with van der Waals surface area (Å²) in [4.78, 5) is 11.7. The number of aryl methyl sites for hydroxylation is 1. The summed E-state index contributed by atoms with van der Waals surface area (Å²) >= 11 is 1.75. The van der Waals surface area contributed by atoms with Crippen molar-refractivity contribution in [1.82, 2.24) is 5.32 Å². The van der Waals surface area contributed by atoms with E-state index in [2.05, 4.69) is 10.6 Å². The Morgan fingerprint density at radius 1 is 1.47 bits per heavy atom. The summed E-state index contributed by atoms with van der Waals surface area (Å²) in [5, 5.41) is 6.04. The van der Waals surface area contributed by atoms with Crippen LogP contribution >= 0.6 is 11.8 Å². The first-order chi connectivity index (χ1) is 7.25. The number of carbonyl (C=O) groups excluding carboxylic acids is 1. The summed E-state index contributed by atoms with van der Waals surface area (Å²) in [6.45, 7) is 2.03. The van der Waals surface area contributed by atoms with Gasteiger partial charge in [-0.15, -0.1) is 11.8 Å². The molecular weight excluding hydrogens is 208 g/mol. The van der Waals surface area contributed by atoms with Gasteiger partial charge in [0.05, 0.1) is 6.04 Å². The number of benzene rings is 1. The van der Waals surface area contributed by atoms with Gasteiger partial charge in [0.15, 0.2) is 0 Å². The Hall–Kier alpha value is -1.00. The second-order valence-electron chi connectivity index (χ2n) is 3.63. The largest absolute Gasteiger partial charge is 0.325 e. The van der Waals surface area contributed by atoms with Crippen molar-refractivity contribution < 1.29 is 4.79 Å². The third-order valence-electron chi connectivity index (χ3n) is 2.35. The van der Waals surface area contributed by atoms with Gasteiger partial charge >= 0.3 is 0 Å². The highest BCUT2D eigenvalue weighted by Crippen LogP contribution is 2.13. The maximum absolute atomic E-state index is 11.7. The first kappa shape index (κ1) is 10.5. The normalized spacial score (nSPS) is 20.2. The van der Waals surface area contributed by atoms with Gasteiger partial charge in [0.1, 0.15) is 0 Å². The van der Waals surface area contributed by atoms with Crippen LogP contribution in [0.1, 0.15) is 5.56 Å². The number of hydrogen-bond donors (Lipinski definition) is 2. The van der Waals surface area contributed by atoms with Crippen LogP contribution in [0.25, 0.3) is 0 Å². The first-order valence-corrected chi connectivity index (χ1v) is 6.10. The number of anilines is 1. The lowest BCUT2D eigenvalue weighted by Crippen LogP contribution is -2.37. The topological polar surface area (TPSA) is 41.1 Å². The highest BCUT2D eigenvalue weighted by atomic mass is 32.2. The van der Waals surface area contributed by atoms with E-state index in [9.17, 15) is 4.79 Å². The Labute approximate surface area is 93.6 Å². The first-order valence-electron chi connectivity index (χ1n) is 4.94. The van der Waals surface area contributed by atoms with Crippen LogP contribution in [0.3, 0.4) is 0 Å². The highest BCUT2D eigenvalue weighted by Gasteiger charge is 2.22. The van der Waals surface area contributed by atoms with E-state index in [1.165, 1.54) is 5.56 Å². The Kier molecular flexibility index (Phi) is 3.28. The van der Waals surface area contributed by atoms with Gasteiger partial charge in [-0.2, -0.15) is 0 Å². The summed E-state index contributed by atoms with van der Waals surface area (Å²) in [7, 11) is 0. The van der Waals surface area contributed by atoms with Gasteiger partial charge < -0.3 is 5.32 Å². The lowest BCUT2D eigenvalue weighted by Gasteiger charge is -2.10. The molecule has 1 aliphatic heterocycles. The van der Waals surface area contributed by atoms with Gasteiger partial charge in [0.25, 0.3) is 0 Å². The summed E-state index contributed by atoms with van der Waals surface area (Å²) < 4.78 is 0. The lowest BCUT2D eigenvalue weighted by molar-refractivity contribution is -0.117. The Morgan fingerprint density at radius 2 is 2.20 bits per heavy atom. The van der Waals surface area contributed by atoms with E-state index >= 15 is 0 Å². The molecule has 0 aromatic heterocycles. The minimum absolute atomic E-state index is 0.0451. The van der Waals surface area contributed by atoms with Crippen molar-refractivity contribution >= 4 is 23.4 Å². The molecule has 2 N–H and O–H groups in total. The predicted octanol–water partition coefficient (Wildman–Crippen LogP) is 1.60. The molecule has 0 aliphatic carbocycles. The van der Waals surface area contributed by atoms with Gasteiger partial charge in [-0.1, -0.05) is 17.7 Å². The zero-order valence-electron chi connectivity index (χ0n) is 8.62. The SMILES string of the molecule is Cc1ccc(NC(=O)[C@@H]2CSCN2)cc1. The van der Waals surface area contributed by atoms with E-state index in [4.69, 9.17) is 0 Å². The van der Waals surface area contributed by atoms with E-state index in [0.717, 1.165) is 17.3 Å². The average Bonchev–Trinajstić information content (AvgIpc) is 2.74. The predicted molar refractivity (Wildman–Crippen MR) is 64.1 cm³/mol. The average molecular weight is 222 g/mol. The Morgan fingerprint density at radius 3 is 2.80 bits per heavy atom. The van der Waals surface area contributed by atoms with E-state index < -0.39 is 0 Å². The maximum atomic E-state index is 11.7. The van der Waals surface area contributed by atoms with E-state index in [1.807, 2.05) is 31.2 Å². The summed E-state index contributed by atoms with van der Waals surface area (Å²) in [5.74, 6) is 1.78. The monoisotopic (exact) mass is 222 g/mol. The van der Waals surface area contributed by atoms with Crippen LogP contribution in [-0.4, -0.2) is 23.6 Å². The maximum Gasteiger partial charge on any atom is 0.242 e. The number of carbonyl (C=O) groups is 1. The fraction of sp³-hybridized carbons (Fsp3) is 0.364. The van der Waals surface area contributed by atoms with Crippen LogP contribution in [0.2, 0.25) is 0 Å². The van der Waals surface area contributed by atoms with Crippen LogP contribution < -0.4 is 10.6 Å². The molecule has 15 heavy (non-hydrogen) atoms. The molecule has 1 aromatic carbocycles. The molecule has 1 atom stereocenters. The minimum atomic E-state index is -0.0451. The van der Waals surface area contributed by atoms with Gasteiger partial charge in [-0.3, -0.25) is 10.1 Å². The third-order valence-corrected chi connectivity index (χ3v) is 3.29. The van der Waals surface area contributed by atoms with Crippen LogP contribution in [0.15, 0.2) is 24.3 Å². The van der Waals surface area contributed by atoms with Gasteiger partial charge in [-0.05, 0) is 19.1 Å². The van der Waals surface area contributed by atoms with Gasteiger partial charge in [0.2, 0.25) is 5.91 Å².